The lowest BCUT2D eigenvalue weighted by Gasteiger charge is -2.18. The number of halogens is 1. The van der Waals surface area contributed by atoms with Gasteiger partial charge >= 0.3 is 0 Å². The standard InChI is InChI=1S/C30H23ClN4OS/c1-18(21-8-7-19-5-3-4-6-22(19)15-21)35-27-14-11-23(29(36)32-2)16-25(27)33-28(35)30-34-26(17-37-30)20-9-12-24(31)13-10-20/h3-18H,1-2H3,(H,32,36). The Morgan fingerprint density at radius 3 is 2.51 bits per heavy atom. The van der Waals surface area contributed by atoms with Crippen LogP contribution < -0.4 is 5.32 Å². The van der Waals surface area contributed by atoms with Gasteiger partial charge in [0.15, 0.2) is 10.8 Å². The van der Waals surface area contributed by atoms with Crippen LogP contribution in [0.1, 0.15) is 28.9 Å². The van der Waals surface area contributed by atoms with Crippen LogP contribution in [0.2, 0.25) is 5.02 Å². The Kier molecular flexibility index (Phi) is 5.99. The Labute approximate surface area is 223 Å². The van der Waals surface area contributed by atoms with Crippen molar-refractivity contribution in [2.24, 2.45) is 0 Å². The normalized spacial score (nSPS) is 12.2. The van der Waals surface area contributed by atoms with Crippen LogP contribution in [0.25, 0.3) is 43.9 Å². The lowest BCUT2D eigenvalue weighted by atomic mass is 10.0. The van der Waals surface area contributed by atoms with Crippen molar-refractivity contribution in [1.82, 2.24) is 19.9 Å². The average molecular weight is 523 g/mol. The summed E-state index contributed by atoms with van der Waals surface area (Å²) in [5.41, 5.74) is 5.33. The summed E-state index contributed by atoms with van der Waals surface area (Å²) in [5, 5.41) is 8.64. The third-order valence-electron chi connectivity index (χ3n) is 6.66. The number of hydrogen-bond donors (Lipinski definition) is 1. The summed E-state index contributed by atoms with van der Waals surface area (Å²) in [4.78, 5) is 22.3. The van der Waals surface area contributed by atoms with Crippen molar-refractivity contribution in [2.75, 3.05) is 7.05 Å². The first kappa shape index (κ1) is 23.4. The number of carbonyl (C=O) groups is 1. The van der Waals surface area contributed by atoms with Gasteiger partial charge in [0.1, 0.15) is 0 Å². The van der Waals surface area contributed by atoms with Gasteiger partial charge in [-0.1, -0.05) is 60.1 Å². The van der Waals surface area contributed by atoms with Gasteiger partial charge in [-0.3, -0.25) is 4.79 Å². The van der Waals surface area contributed by atoms with Gasteiger partial charge in [0.25, 0.3) is 5.91 Å². The van der Waals surface area contributed by atoms with Crippen LogP contribution in [0.15, 0.2) is 90.3 Å². The minimum Gasteiger partial charge on any atom is -0.355 e. The van der Waals surface area contributed by atoms with Crippen molar-refractivity contribution in [1.29, 1.82) is 0 Å². The number of amides is 1. The molecule has 1 N–H and O–H groups in total. The van der Waals surface area contributed by atoms with E-state index in [2.05, 4.69) is 59.3 Å². The fraction of sp³-hybridized carbons (Fsp3) is 0.100. The minimum atomic E-state index is -0.139. The fourth-order valence-electron chi connectivity index (χ4n) is 4.67. The number of nitrogens with zero attached hydrogens (tertiary/aromatic N) is 3. The van der Waals surface area contributed by atoms with Crippen LogP contribution in [0.4, 0.5) is 0 Å². The highest BCUT2D eigenvalue weighted by Gasteiger charge is 2.22. The second-order valence-electron chi connectivity index (χ2n) is 8.92. The summed E-state index contributed by atoms with van der Waals surface area (Å²) in [7, 11) is 1.63. The molecule has 0 aliphatic heterocycles. The first-order chi connectivity index (χ1) is 18.0. The van der Waals surface area contributed by atoms with Crippen LogP contribution >= 0.6 is 22.9 Å². The number of fused-ring (bicyclic) bond motifs is 2. The Bertz CT molecular complexity index is 1770. The molecule has 6 rings (SSSR count). The Morgan fingerprint density at radius 1 is 0.946 bits per heavy atom. The van der Waals surface area contributed by atoms with E-state index in [-0.39, 0.29) is 11.9 Å². The minimum absolute atomic E-state index is 0.0154. The first-order valence-corrected chi connectivity index (χ1v) is 13.2. The van der Waals surface area contributed by atoms with Gasteiger partial charge in [0.05, 0.1) is 22.8 Å². The average Bonchev–Trinajstić information content (AvgIpc) is 3.57. The SMILES string of the molecule is CNC(=O)c1ccc2c(c1)nc(-c1nc(-c3ccc(Cl)cc3)cs1)n2C(C)c1ccc2ccccc2c1. The van der Waals surface area contributed by atoms with E-state index in [4.69, 9.17) is 21.6 Å². The van der Waals surface area contributed by atoms with Gasteiger partial charge in [-0.15, -0.1) is 11.3 Å². The van der Waals surface area contributed by atoms with E-state index in [1.165, 1.54) is 16.3 Å². The van der Waals surface area contributed by atoms with Gasteiger partial charge < -0.3 is 9.88 Å². The predicted molar refractivity (Wildman–Crippen MR) is 152 cm³/mol. The molecule has 6 aromatic rings. The van der Waals surface area contributed by atoms with E-state index >= 15 is 0 Å². The molecule has 0 aliphatic rings. The molecule has 4 aromatic carbocycles. The molecule has 0 aliphatic carbocycles. The quantitative estimate of drug-likeness (QED) is 0.253. The summed E-state index contributed by atoms with van der Waals surface area (Å²) < 4.78 is 2.22. The maximum absolute atomic E-state index is 12.3. The van der Waals surface area contributed by atoms with Crippen molar-refractivity contribution >= 4 is 50.7 Å². The van der Waals surface area contributed by atoms with Crippen molar-refractivity contribution in [3.8, 4) is 22.1 Å². The van der Waals surface area contributed by atoms with Gasteiger partial charge in [-0.2, -0.15) is 0 Å². The van der Waals surface area contributed by atoms with Crippen molar-refractivity contribution in [2.45, 2.75) is 13.0 Å². The van der Waals surface area contributed by atoms with E-state index in [1.54, 1.807) is 18.4 Å². The van der Waals surface area contributed by atoms with Crippen LogP contribution in [0.3, 0.4) is 0 Å². The molecular weight excluding hydrogens is 500 g/mol. The molecule has 2 heterocycles. The lowest BCUT2D eigenvalue weighted by molar-refractivity contribution is 0.0963. The molecular formula is C30H23ClN4OS. The highest BCUT2D eigenvalue weighted by molar-refractivity contribution is 7.13. The summed E-state index contributed by atoms with van der Waals surface area (Å²) in [6.45, 7) is 2.18. The maximum Gasteiger partial charge on any atom is 0.251 e. The summed E-state index contributed by atoms with van der Waals surface area (Å²) in [6.07, 6.45) is 0. The molecule has 5 nitrogen and oxygen atoms in total. The molecule has 0 bridgehead atoms. The van der Waals surface area contributed by atoms with Crippen molar-refractivity contribution in [3.05, 3.63) is 106 Å². The van der Waals surface area contributed by atoms with Crippen molar-refractivity contribution < 1.29 is 4.79 Å². The molecule has 0 saturated heterocycles. The van der Waals surface area contributed by atoms with Gasteiger partial charge in [-0.25, -0.2) is 9.97 Å². The second kappa shape index (κ2) is 9.47. The molecule has 0 radical (unpaired) electrons. The van der Waals surface area contributed by atoms with E-state index in [1.807, 2.05) is 47.8 Å². The molecule has 1 amide bonds. The number of thiazole rings is 1. The number of hydrogen-bond acceptors (Lipinski definition) is 4. The predicted octanol–water partition coefficient (Wildman–Crippen LogP) is 7.60. The number of rotatable bonds is 5. The Balaban J connectivity index is 1.51. The molecule has 0 saturated carbocycles. The molecule has 7 heteroatoms. The van der Waals surface area contributed by atoms with Gasteiger partial charge in [0, 0.05) is 28.6 Å². The van der Waals surface area contributed by atoms with E-state index in [0.29, 0.717) is 10.6 Å². The zero-order valence-corrected chi connectivity index (χ0v) is 21.8. The fourth-order valence-corrected chi connectivity index (χ4v) is 5.61. The Morgan fingerprint density at radius 2 is 1.73 bits per heavy atom. The number of carbonyl (C=O) groups excluding carboxylic acids is 1. The molecule has 0 spiro atoms. The number of benzene rings is 4. The maximum atomic E-state index is 12.3. The molecule has 2 aromatic heterocycles. The summed E-state index contributed by atoms with van der Waals surface area (Å²) in [5.74, 6) is 0.634. The highest BCUT2D eigenvalue weighted by atomic mass is 35.5. The third kappa shape index (κ3) is 4.28. The molecule has 1 atom stereocenters. The number of aromatic nitrogens is 3. The number of imidazole rings is 1. The third-order valence-corrected chi connectivity index (χ3v) is 7.75. The summed E-state index contributed by atoms with van der Waals surface area (Å²) in [6, 6.07) is 28.2. The topological polar surface area (TPSA) is 59.8 Å². The molecule has 37 heavy (non-hydrogen) atoms. The number of nitrogens with one attached hydrogen (secondary N) is 1. The van der Waals surface area contributed by atoms with E-state index in [9.17, 15) is 4.79 Å². The van der Waals surface area contributed by atoms with Gasteiger partial charge in [-0.05, 0) is 59.7 Å². The van der Waals surface area contributed by atoms with Crippen molar-refractivity contribution in [3.63, 3.8) is 0 Å². The molecule has 0 fully saturated rings. The van der Waals surface area contributed by atoms with E-state index in [0.717, 1.165) is 33.1 Å². The van der Waals surface area contributed by atoms with E-state index < -0.39 is 0 Å². The van der Waals surface area contributed by atoms with Crippen LogP contribution in [-0.2, 0) is 0 Å². The zero-order valence-electron chi connectivity index (χ0n) is 20.3. The second-order valence-corrected chi connectivity index (χ2v) is 10.2. The van der Waals surface area contributed by atoms with Crippen LogP contribution in [-0.4, -0.2) is 27.5 Å². The zero-order chi connectivity index (χ0) is 25.5. The van der Waals surface area contributed by atoms with Gasteiger partial charge in [0.2, 0.25) is 0 Å². The monoisotopic (exact) mass is 522 g/mol. The molecule has 182 valence electrons. The summed E-state index contributed by atoms with van der Waals surface area (Å²) >= 11 is 7.64. The van der Waals surface area contributed by atoms with Crippen LogP contribution in [0, 0.1) is 0 Å². The smallest absolute Gasteiger partial charge is 0.251 e. The molecule has 1 unspecified atom stereocenters. The van der Waals surface area contributed by atoms with Crippen LogP contribution in [0.5, 0.6) is 0 Å². The lowest BCUT2D eigenvalue weighted by Crippen LogP contribution is -2.17. The Hall–Kier alpha value is -4.00. The highest BCUT2D eigenvalue weighted by Crippen LogP contribution is 2.36. The first-order valence-electron chi connectivity index (χ1n) is 12.0. The largest absolute Gasteiger partial charge is 0.355 e.